The molecule has 2 aromatic carbocycles. The molecule has 0 aromatic heterocycles. The highest BCUT2D eigenvalue weighted by Crippen LogP contribution is 2.54. The lowest BCUT2D eigenvalue weighted by Crippen LogP contribution is -2.54. The lowest BCUT2D eigenvalue weighted by Gasteiger charge is -2.38. The summed E-state index contributed by atoms with van der Waals surface area (Å²) in [6.07, 6.45) is -13.8. The van der Waals surface area contributed by atoms with Gasteiger partial charge in [0.25, 0.3) is 0 Å². The molecule has 1 unspecified atom stereocenters. The Balaban J connectivity index is 2.43. The summed E-state index contributed by atoms with van der Waals surface area (Å²) in [6.45, 7) is 0. The van der Waals surface area contributed by atoms with Gasteiger partial charge in [0, 0.05) is 21.2 Å². The Bertz CT molecular complexity index is 1040. The van der Waals surface area contributed by atoms with Gasteiger partial charge in [-0.2, -0.15) is 26.3 Å². The molecule has 0 saturated heterocycles. The Morgan fingerprint density at radius 3 is 1.85 bits per heavy atom. The molecule has 0 bridgehead atoms. The third-order valence-electron chi connectivity index (χ3n) is 5.34. The van der Waals surface area contributed by atoms with E-state index in [0.29, 0.717) is 11.1 Å². The molecule has 2 rings (SSSR count). The number of alkyl halides is 6. The van der Waals surface area contributed by atoms with E-state index in [2.05, 4.69) is 0 Å². The second-order valence-electron chi connectivity index (χ2n) is 7.55. The van der Waals surface area contributed by atoms with Crippen LogP contribution < -0.4 is 5.73 Å². The molecule has 0 fully saturated rings. The maximum atomic E-state index is 14.0. The summed E-state index contributed by atoms with van der Waals surface area (Å²) in [5.41, 5.74) is 0.794. The first-order valence-corrected chi connectivity index (χ1v) is 11.5. The van der Waals surface area contributed by atoms with Crippen LogP contribution in [0.5, 0.6) is 0 Å². The first-order valence-electron chi connectivity index (χ1n) is 9.63. The quantitative estimate of drug-likeness (QED) is 0.427. The Morgan fingerprint density at radius 1 is 0.909 bits per heavy atom. The molecule has 0 amide bonds. The molecule has 12 heteroatoms. The van der Waals surface area contributed by atoms with Crippen LogP contribution in [0.2, 0.25) is 0 Å². The maximum absolute atomic E-state index is 14.0. The largest absolute Gasteiger partial charge is 0.480 e. The van der Waals surface area contributed by atoms with Crippen molar-refractivity contribution in [1.82, 2.24) is 0 Å². The summed E-state index contributed by atoms with van der Waals surface area (Å²) in [7, 11) is -3.97. The molecule has 4 N–H and O–H groups in total. The van der Waals surface area contributed by atoms with Crippen LogP contribution in [-0.4, -0.2) is 45.2 Å². The monoisotopic (exact) mass is 496 g/mol. The zero-order chi connectivity index (χ0) is 25.1. The van der Waals surface area contributed by atoms with Crippen molar-refractivity contribution < 1.29 is 40.5 Å². The van der Waals surface area contributed by atoms with Crippen LogP contribution >= 0.6 is 0 Å². The molecule has 2 atom stereocenters. The molecule has 0 heterocycles. The van der Waals surface area contributed by atoms with Crippen molar-refractivity contribution >= 4 is 15.7 Å². The third-order valence-corrected chi connectivity index (χ3v) is 7.09. The van der Waals surface area contributed by atoms with Crippen molar-refractivity contribution in [2.75, 3.05) is 11.5 Å². The van der Waals surface area contributed by atoms with Crippen molar-refractivity contribution in [3.8, 4) is 11.1 Å². The lowest BCUT2D eigenvalue weighted by molar-refractivity contribution is -0.304. The summed E-state index contributed by atoms with van der Waals surface area (Å²) < 4.78 is 104. The molecule has 0 aliphatic heterocycles. The van der Waals surface area contributed by atoms with Gasteiger partial charge in [0.15, 0.2) is 5.41 Å². The zero-order valence-electron chi connectivity index (χ0n) is 17.1. The highest BCUT2D eigenvalue weighted by molar-refractivity contribution is 7.92. The number of nitrogens with two attached hydrogens (primary N) is 1. The van der Waals surface area contributed by atoms with E-state index in [1.165, 1.54) is 0 Å². The Kier molecular flexibility index (Phi) is 7.85. The third kappa shape index (κ3) is 6.05. The van der Waals surface area contributed by atoms with Gasteiger partial charge in [-0.15, -0.1) is 0 Å². The van der Waals surface area contributed by atoms with Gasteiger partial charge in [-0.05, 0) is 29.5 Å². The minimum Gasteiger partial charge on any atom is -0.480 e. The number of hydrogen-bond donors (Lipinski definition) is 3. The minimum absolute atomic E-state index is 0.407. The first kappa shape index (κ1) is 26.7. The number of carbonyl (C=O) groups is 1. The molecule has 0 spiro atoms. The topological polar surface area (TPSA) is 104 Å². The van der Waals surface area contributed by atoms with Crippen molar-refractivity contribution in [2.45, 2.75) is 36.7 Å². The molecular weight excluding hydrogens is 474 g/mol. The van der Waals surface area contributed by atoms with Gasteiger partial charge in [-0.3, -0.25) is 9.57 Å². The van der Waals surface area contributed by atoms with E-state index in [9.17, 15) is 35.3 Å². The van der Waals surface area contributed by atoms with Crippen molar-refractivity contribution in [3.63, 3.8) is 0 Å². The van der Waals surface area contributed by atoms with Crippen LogP contribution in [0.3, 0.4) is 0 Å². The molecule has 0 aliphatic carbocycles. The maximum Gasteiger partial charge on any atom is 0.407 e. The predicted molar refractivity (Wildman–Crippen MR) is 111 cm³/mol. The Hall–Kier alpha value is -2.60. The SMILES string of the molecule is N=S(=O)(CC[C@H](N)C(=O)O)CCC(c1ccc(-c2ccccc2)cc1)(C(F)(F)F)C(F)(F)F. The Morgan fingerprint density at radius 2 is 1.39 bits per heavy atom. The molecule has 0 saturated carbocycles. The van der Waals surface area contributed by atoms with E-state index in [1.54, 1.807) is 30.3 Å². The smallest absolute Gasteiger partial charge is 0.407 e. The van der Waals surface area contributed by atoms with E-state index < -0.39 is 69.4 Å². The van der Waals surface area contributed by atoms with Crippen molar-refractivity contribution in [2.24, 2.45) is 5.73 Å². The van der Waals surface area contributed by atoms with Crippen LogP contribution in [0.1, 0.15) is 18.4 Å². The van der Waals surface area contributed by atoms with Crippen molar-refractivity contribution in [1.29, 1.82) is 4.78 Å². The molecule has 0 radical (unpaired) electrons. The highest BCUT2D eigenvalue weighted by atomic mass is 32.2. The van der Waals surface area contributed by atoms with E-state index in [-0.39, 0.29) is 0 Å². The number of benzene rings is 2. The second kappa shape index (κ2) is 9.72. The van der Waals surface area contributed by atoms with E-state index in [0.717, 1.165) is 24.3 Å². The van der Waals surface area contributed by atoms with Gasteiger partial charge < -0.3 is 10.8 Å². The molecular formula is C21H22F6N2O3S. The van der Waals surface area contributed by atoms with Gasteiger partial charge in [0.2, 0.25) is 0 Å². The van der Waals surface area contributed by atoms with Crippen LogP contribution in [0.4, 0.5) is 26.3 Å². The van der Waals surface area contributed by atoms with Gasteiger partial charge >= 0.3 is 18.3 Å². The van der Waals surface area contributed by atoms with E-state index >= 15 is 0 Å². The highest BCUT2D eigenvalue weighted by Gasteiger charge is 2.71. The fourth-order valence-corrected chi connectivity index (χ4v) is 4.83. The van der Waals surface area contributed by atoms with E-state index in [1.807, 2.05) is 0 Å². The van der Waals surface area contributed by atoms with Crippen LogP contribution in [0, 0.1) is 4.78 Å². The second-order valence-corrected chi connectivity index (χ2v) is 9.99. The molecule has 33 heavy (non-hydrogen) atoms. The number of carboxylic acid groups (broad SMARTS) is 1. The van der Waals surface area contributed by atoms with Crippen LogP contribution in [0.15, 0.2) is 54.6 Å². The normalized spacial score (nSPS) is 15.6. The summed E-state index contributed by atoms with van der Waals surface area (Å²) >= 11 is 0. The van der Waals surface area contributed by atoms with Gasteiger partial charge in [-0.25, -0.2) is 4.21 Å². The number of rotatable bonds is 9. The van der Waals surface area contributed by atoms with E-state index in [4.69, 9.17) is 15.6 Å². The molecule has 2 aromatic rings. The molecule has 182 valence electrons. The summed E-state index contributed by atoms with van der Waals surface area (Å²) in [5.74, 6) is -3.46. The van der Waals surface area contributed by atoms with Gasteiger partial charge in [-0.1, -0.05) is 54.6 Å². The molecule has 0 aliphatic rings. The van der Waals surface area contributed by atoms with Gasteiger partial charge in [0.1, 0.15) is 6.04 Å². The van der Waals surface area contributed by atoms with Gasteiger partial charge in [0.05, 0.1) is 0 Å². The number of hydrogen-bond acceptors (Lipinski definition) is 4. The number of carboxylic acids is 1. The lowest BCUT2D eigenvalue weighted by atomic mass is 9.76. The average Bonchev–Trinajstić information content (AvgIpc) is 2.71. The van der Waals surface area contributed by atoms with Crippen molar-refractivity contribution in [3.05, 3.63) is 60.2 Å². The summed E-state index contributed by atoms with van der Waals surface area (Å²) in [5, 5.41) is 8.73. The number of halogens is 6. The first-order chi connectivity index (χ1) is 15.1. The fraction of sp³-hybridized carbons (Fsp3) is 0.381. The Labute approximate surface area is 186 Å². The average molecular weight is 496 g/mol. The van der Waals surface area contributed by atoms with Crippen LogP contribution in [-0.2, 0) is 19.9 Å². The minimum atomic E-state index is -5.80. The standard InChI is InChI=1S/C21H22F6N2O3S/c22-20(23,24)19(21(25,26)27,11-13-33(29,32)12-10-17(28)18(30)31)16-8-6-15(7-9-16)14-4-2-1-3-5-14/h1-9,17,29H,10-13,28H2,(H,30,31)/t17-,33?/m0/s1. The fourth-order valence-electron chi connectivity index (χ4n) is 3.35. The predicted octanol–water partition coefficient (Wildman–Crippen LogP) is 4.95. The van der Waals surface area contributed by atoms with Crippen LogP contribution in [0.25, 0.3) is 11.1 Å². The summed E-state index contributed by atoms with van der Waals surface area (Å²) in [4.78, 5) is 10.7. The molecule has 5 nitrogen and oxygen atoms in total. The summed E-state index contributed by atoms with van der Waals surface area (Å²) in [6, 6.07) is 10.5. The zero-order valence-corrected chi connectivity index (χ0v) is 17.9. The number of nitrogens with one attached hydrogen (secondary N) is 1. The number of aliphatic carboxylic acids is 1.